The van der Waals surface area contributed by atoms with E-state index in [0.29, 0.717) is 29.0 Å². The number of carbonyl (C=O) groups excluding carboxylic acids is 1. The van der Waals surface area contributed by atoms with E-state index in [9.17, 15) is 4.79 Å². The molecule has 4 rings (SSSR count). The molecule has 1 heterocycles. The first-order valence-electron chi connectivity index (χ1n) is 10.9. The molecule has 3 aromatic rings. The molecule has 3 aromatic carbocycles. The van der Waals surface area contributed by atoms with Gasteiger partial charge in [0.25, 0.3) is 5.91 Å². The molecule has 1 fully saturated rings. The van der Waals surface area contributed by atoms with E-state index < -0.39 is 0 Å². The molecule has 0 unspecified atom stereocenters. The number of amides is 1. The monoisotopic (exact) mass is 536 g/mol. The van der Waals surface area contributed by atoms with Crippen molar-refractivity contribution >= 4 is 50.5 Å². The van der Waals surface area contributed by atoms with E-state index >= 15 is 0 Å². The second kappa shape index (κ2) is 10.9. The number of amidine groups is 1. The van der Waals surface area contributed by atoms with Crippen molar-refractivity contribution in [2.75, 3.05) is 13.7 Å². The lowest BCUT2D eigenvalue weighted by Gasteiger charge is -2.12. The van der Waals surface area contributed by atoms with Gasteiger partial charge in [0, 0.05) is 16.6 Å². The van der Waals surface area contributed by atoms with Gasteiger partial charge in [-0.25, -0.2) is 4.99 Å². The highest BCUT2D eigenvalue weighted by molar-refractivity contribution is 9.10. The molecule has 0 aliphatic carbocycles. The van der Waals surface area contributed by atoms with Crippen LogP contribution in [0.5, 0.6) is 11.5 Å². The SMILES string of the molecule is CCN1C(=O)/C(=C/c2cc(Br)ccc2OCc2ccc(C)cc2)SC1=Nc1ccc(OC)cc1. The maximum Gasteiger partial charge on any atom is 0.266 e. The van der Waals surface area contributed by atoms with Crippen molar-refractivity contribution in [2.45, 2.75) is 20.5 Å². The zero-order chi connectivity index (χ0) is 24.1. The van der Waals surface area contributed by atoms with Crippen LogP contribution in [-0.2, 0) is 11.4 Å². The highest BCUT2D eigenvalue weighted by atomic mass is 79.9. The van der Waals surface area contributed by atoms with Crippen LogP contribution >= 0.6 is 27.7 Å². The van der Waals surface area contributed by atoms with E-state index in [2.05, 4.69) is 47.1 Å². The number of methoxy groups -OCH3 is 1. The lowest BCUT2D eigenvalue weighted by atomic mass is 10.1. The molecule has 1 amide bonds. The third kappa shape index (κ3) is 5.72. The third-order valence-corrected chi connectivity index (χ3v) is 6.77. The Morgan fingerprint density at radius 2 is 1.79 bits per heavy atom. The number of likely N-dealkylation sites (N-methyl/N-ethyl adjacent to an activating group) is 1. The van der Waals surface area contributed by atoms with E-state index in [0.717, 1.165) is 27.0 Å². The number of aliphatic imine (C=N–C) groups is 1. The van der Waals surface area contributed by atoms with Crippen LogP contribution in [0, 0.1) is 6.92 Å². The van der Waals surface area contributed by atoms with Crippen LogP contribution in [0.2, 0.25) is 0 Å². The molecule has 5 nitrogen and oxygen atoms in total. The van der Waals surface area contributed by atoms with Gasteiger partial charge in [0.05, 0.1) is 17.7 Å². The molecule has 0 aromatic heterocycles. The molecule has 0 radical (unpaired) electrons. The maximum absolute atomic E-state index is 13.1. The van der Waals surface area contributed by atoms with Crippen LogP contribution in [0.25, 0.3) is 6.08 Å². The van der Waals surface area contributed by atoms with Gasteiger partial charge in [-0.1, -0.05) is 45.8 Å². The van der Waals surface area contributed by atoms with E-state index in [1.807, 2.05) is 55.5 Å². The first-order chi connectivity index (χ1) is 16.5. The summed E-state index contributed by atoms with van der Waals surface area (Å²) in [7, 11) is 1.63. The molecule has 1 saturated heterocycles. The topological polar surface area (TPSA) is 51.1 Å². The average molecular weight is 537 g/mol. The van der Waals surface area contributed by atoms with Crippen LogP contribution in [0.3, 0.4) is 0 Å². The Kier molecular flexibility index (Phi) is 7.75. The third-order valence-electron chi connectivity index (χ3n) is 5.27. The van der Waals surface area contributed by atoms with Gasteiger partial charge in [0.15, 0.2) is 5.17 Å². The Morgan fingerprint density at radius 1 is 1.06 bits per heavy atom. The lowest BCUT2D eigenvalue weighted by Crippen LogP contribution is -2.28. The number of rotatable bonds is 7. The summed E-state index contributed by atoms with van der Waals surface area (Å²) in [4.78, 5) is 20.1. The van der Waals surface area contributed by atoms with Gasteiger partial charge >= 0.3 is 0 Å². The van der Waals surface area contributed by atoms with Gasteiger partial charge < -0.3 is 9.47 Å². The zero-order valence-corrected chi connectivity index (χ0v) is 21.7. The quantitative estimate of drug-likeness (QED) is 0.306. The number of benzene rings is 3. The number of ether oxygens (including phenoxy) is 2. The summed E-state index contributed by atoms with van der Waals surface area (Å²) < 4.78 is 12.2. The molecule has 0 spiro atoms. The largest absolute Gasteiger partial charge is 0.497 e. The van der Waals surface area contributed by atoms with Crippen LogP contribution in [-0.4, -0.2) is 29.6 Å². The number of halogens is 1. The molecule has 7 heteroatoms. The fraction of sp³-hybridized carbons (Fsp3) is 0.185. The molecule has 34 heavy (non-hydrogen) atoms. The minimum atomic E-state index is -0.0655. The van der Waals surface area contributed by atoms with Crippen molar-refractivity contribution < 1.29 is 14.3 Å². The smallest absolute Gasteiger partial charge is 0.266 e. The Morgan fingerprint density at radius 3 is 2.47 bits per heavy atom. The molecule has 1 aliphatic heterocycles. The van der Waals surface area contributed by atoms with Gasteiger partial charge in [-0.05, 0) is 79.7 Å². The number of hydrogen-bond acceptors (Lipinski definition) is 5. The number of hydrogen-bond donors (Lipinski definition) is 0. The minimum absolute atomic E-state index is 0.0655. The van der Waals surface area contributed by atoms with Crippen LogP contribution in [0.1, 0.15) is 23.6 Å². The van der Waals surface area contributed by atoms with Crippen LogP contribution < -0.4 is 9.47 Å². The van der Waals surface area contributed by atoms with E-state index in [1.54, 1.807) is 12.0 Å². The summed E-state index contributed by atoms with van der Waals surface area (Å²) in [5.41, 5.74) is 3.89. The maximum atomic E-state index is 13.1. The van der Waals surface area contributed by atoms with Crippen molar-refractivity contribution in [2.24, 2.45) is 4.99 Å². The molecular weight excluding hydrogens is 512 g/mol. The summed E-state index contributed by atoms with van der Waals surface area (Å²) in [5, 5.41) is 0.654. The fourth-order valence-electron chi connectivity index (χ4n) is 3.39. The van der Waals surface area contributed by atoms with Crippen LogP contribution in [0.4, 0.5) is 5.69 Å². The average Bonchev–Trinajstić information content (AvgIpc) is 3.13. The highest BCUT2D eigenvalue weighted by Gasteiger charge is 2.32. The molecule has 0 atom stereocenters. The Balaban J connectivity index is 1.59. The highest BCUT2D eigenvalue weighted by Crippen LogP contribution is 2.36. The zero-order valence-electron chi connectivity index (χ0n) is 19.2. The van der Waals surface area contributed by atoms with Gasteiger partial charge in [0.2, 0.25) is 0 Å². The number of nitrogens with zero attached hydrogens (tertiary/aromatic N) is 2. The Bertz CT molecular complexity index is 1240. The van der Waals surface area contributed by atoms with E-state index in [4.69, 9.17) is 14.5 Å². The van der Waals surface area contributed by atoms with Gasteiger partial charge in [0.1, 0.15) is 18.1 Å². The summed E-state index contributed by atoms with van der Waals surface area (Å²) in [6.07, 6.45) is 1.88. The van der Waals surface area contributed by atoms with Crippen LogP contribution in [0.15, 0.2) is 81.1 Å². The predicted molar refractivity (Wildman–Crippen MR) is 143 cm³/mol. The van der Waals surface area contributed by atoms with Gasteiger partial charge in [-0.3, -0.25) is 9.69 Å². The summed E-state index contributed by atoms with van der Waals surface area (Å²) >= 11 is 4.90. The normalized spacial score (nSPS) is 15.9. The van der Waals surface area contributed by atoms with Crippen molar-refractivity contribution in [3.63, 3.8) is 0 Å². The molecule has 174 valence electrons. The number of aryl methyl sites for hydroxylation is 1. The lowest BCUT2D eigenvalue weighted by molar-refractivity contribution is -0.122. The predicted octanol–water partition coefficient (Wildman–Crippen LogP) is 6.97. The van der Waals surface area contributed by atoms with Gasteiger partial charge in [-0.15, -0.1) is 0 Å². The van der Waals surface area contributed by atoms with E-state index in [1.165, 1.54) is 17.3 Å². The summed E-state index contributed by atoms with van der Waals surface area (Å²) in [5.74, 6) is 1.41. The van der Waals surface area contributed by atoms with Crippen molar-refractivity contribution in [3.8, 4) is 11.5 Å². The fourth-order valence-corrected chi connectivity index (χ4v) is 4.82. The van der Waals surface area contributed by atoms with Crippen molar-refractivity contribution in [1.82, 2.24) is 4.90 Å². The molecule has 0 N–H and O–H groups in total. The first kappa shape index (κ1) is 24.1. The number of thioether (sulfide) groups is 1. The van der Waals surface area contributed by atoms with E-state index in [-0.39, 0.29) is 5.91 Å². The number of carbonyl (C=O) groups is 1. The first-order valence-corrected chi connectivity index (χ1v) is 12.5. The minimum Gasteiger partial charge on any atom is -0.497 e. The van der Waals surface area contributed by atoms with Crippen molar-refractivity contribution in [3.05, 3.63) is 92.8 Å². The Labute approximate surface area is 212 Å². The Hall–Kier alpha value is -3.03. The standard InChI is InChI=1S/C27H25BrN2O3S/c1-4-30-26(31)25(34-27(30)29-22-10-12-23(32-3)13-11-22)16-20-15-21(28)9-14-24(20)33-17-19-7-5-18(2)6-8-19/h5-16H,4,17H2,1-3H3/b25-16-,29-27?. The second-order valence-corrected chi connectivity index (χ2v) is 9.63. The second-order valence-electron chi connectivity index (χ2n) is 7.71. The van der Waals surface area contributed by atoms with Gasteiger partial charge in [-0.2, -0.15) is 0 Å². The van der Waals surface area contributed by atoms with Crippen molar-refractivity contribution in [1.29, 1.82) is 0 Å². The molecule has 0 bridgehead atoms. The molecule has 1 aliphatic rings. The molecule has 0 saturated carbocycles. The summed E-state index contributed by atoms with van der Waals surface area (Å²) in [6, 6.07) is 21.5. The molecular formula is C27H25BrN2O3S. The summed E-state index contributed by atoms with van der Waals surface area (Å²) in [6.45, 7) is 4.99.